The minimum atomic E-state index is 0.206. The number of nitrogens with one attached hydrogen (secondary N) is 1. The van der Waals surface area contributed by atoms with E-state index in [2.05, 4.69) is 95.4 Å². The van der Waals surface area contributed by atoms with E-state index < -0.39 is 0 Å². The number of rotatable bonds is 8. The predicted octanol–water partition coefficient (Wildman–Crippen LogP) is 6.26. The molecule has 0 saturated heterocycles. The molecule has 2 aromatic rings. The number of hydrogen-bond acceptors (Lipinski definition) is 2. The molecule has 0 aliphatic rings. The Morgan fingerprint density at radius 3 is 2.04 bits per heavy atom. The first-order chi connectivity index (χ1) is 12.3. The second kappa shape index (κ2) is 9.23. The van der Waals surface area contributed by atoms with Crippen molar-refractivity contribution in [1.29, 1.82) is 0 Å². The molecule has 0 fully saturated rings. The van der Waals surface area contributed by atoms with Gasteiger partial charge in [0, 0.05) is 12.6 Å². The molecule has 2 nitrogen and oxygen atoms in total. The minimum absolute atomic E-state index is 0.206. The Hall–Kier alpha value is -1.80. The smallest absolute Gasteiger partial charge is 0.119 e. The van der Waals surface area contributed by atoms with Gasteiger partial charge >= 0.3 is 0 Å². The molecule has 0 aromatic heterocycles. The summed E-state index contributed by atoms with van der Waals surface area (Å²) in [4.78, 5) is 0. The second-order valence-electron chi connectivity index (χ2n) is 8.56. The van der Waals surface area contributed by atoms with Gasteiger partial charge in [0.05, 0.1) is 6.61 Å². The van der Waals surface area contributed by atoms with E-state index in [1.54, 1.807) is 0 Å². The molecular weight excluding hydrogens is 318 g/mol. The molecule has 142 valence electrons. The summed E-state index contributed by atoms with van der Waals surface area (Å²) in [5.41, 5.74) is 4.23. The van der Waals surface area contributed by atoms with E-state index in [0.717, 1.165) is 25.3 Å². The van der Waals surface area contributed by atoms with Crippen molar-refractivity contribution in [3.8, 4) is 5.75 Å². The fourth-order valence-corrected chi connectivity index (χ4v) is 2.92. The third kappa shape index (κ3) is 6.17. The molecule has 2 aromatic carbocycles. The summed E-state index contributed by atoms with van der Waals surface area (Å²) in [6.07, 6.45) is 1.06. The van der Waals surface area contributed by atoms with E-state index in [0.29, 0.717) is 12.0 Å². The van der Waals surface area contributed by atoms with E-state index in [1.807, 2.05) is 0 Å². The Morgan fingerprint density at radius 1 is 0.923 bits per heavy atom. The number of ether oxygens (including phenoxy) is 1. The van der Waals surface area contributed by atoms with E-state index in [1.165, 1.54) is 16.7 Å². The quantitative estimate of drug-likeness (QED) is 0.605. The molecule has 0 aliphatic heterocycles. The van der Waals surface area contributed by atoms with Crippen molar-refractivity contribution in [3.63, 3.8) is 0 Å². The highest BCUT2D eigenvalue weighted by atomic mass is 16.5. The lowest BCUT2D eigenvalue weighted by Gasteiger charge is -2.20. The van der Waals surface area contributed by atoms with Crippen LogP contribution in [0.2, 0.25) is 0 Å². The third-order valence-corrected chi connectivity index (χ3v) is 4.65. The Kier molecular flexibility index (Phi) is 7.28. The maximum Gasteiger partial charge on any atom is 0.119 e. The highest BCUT2D eigenvalue weighted by Crippen LogP contribution is 2.23. The van der Waals surface area contributed by atoms with Crippen LogP contribution < -0.4 is 10.1 Å². The van der Waals surface area contributed by atoms with Crippen LogP contribution in [0.25, 0.3) is 0 Å². The molecule has 1 atom stereocenters. The zero-order valence-corrected chi connectivity index (χ0v) is 17.3. The van der Waals surface area contributed by atoms with Gasteiger partial charge in [-0.25, -0.2) is 0 Å². The van der Waals surface area contributed by atoms with Crippen LogP contribution >= 0.6 is 0 Å². The van der Waals surface area contributed by atoms with Crippen molar-refractivity contribution in [1.82, 2.24) is 5.32 Å². The summed E-state index contributed by atoms with van der Waals surface area (Å²) in [7, 11) is 0. The van der Waals surface area contributed by atoms with Crippen molar-refractivity contribution >= 4 is 0 Å². The van der Waals surface area contributed by atoms with Crippen LogP contribution in [-0.2, 0) is 12.0 Å². The molecule has 0 spiro atoms. The Bertz CT molecular complexity index is 650. The first kappa shape index (κ1) is 20.5. The van der Waals surface area contributed by atoms with E-state index in [4.69, 9.17) is 4.74 Å². The van der Waals surface area contributed by atoms with Gasteiger partial charge < -0.3 is 10.1 Å². The average Bonchev–Trinajstić information content (AvgIpc) is 2.61. The van der Waals surface area contributed by atoms with Crippen LogP contribution in [0.3, 0.4) is 0 Å². The molecular formula is C24H35NO. The maximum absolute atomic E-state index is 5.78. The zero-order valence-electron chi connectivity index (χ0n) is 17.3. The van der Waals surface area contributed by atoms with Crippen LogP contribution in [0.5, 0.6) is 5.75 Å². The predicted molar refractivity (Wildman–Crippen MR) is 112 cm³/mol. The van der Waals surface area contributed by atoms with E-state index >= 15 is 0 Å². The van der Waals surface area contributed by atoms with Gasteiger partial charge in [0.1, 0.15) is 5.75 Å². The van der Waals surface area contributed by atoms with Crippen molar-refractivity contribution in [2.75, 3.05) is 6.61 Å². The third-order valence-electron chi connectivity index (χ3n) is 4.65. The lowest BCUT2D eigenvalue weighted by molar-refractivity contribution is 0.271. The fourth-order valence-electron chi connectivity index (χ4n) is 2.92. The summed E-state index contributed by atoms with van der Waals surface area (Å²) in [5.74, 6) is 1.50. The summed E-state index contributed by atoms with van der Waals surface area (Å²) < 4.78 is 5.78. The zero-order chi connectivity index (χ0) is 19.2. The van der Waals surface area contributed by atoms with Gasteiger partial charge in [-0.1, -0.05) is 77.9 Å². The maximum atomic E-state index is 5.78. The van der Waals surface area contributed by atoms with E-state index in [9.17, 15) is 0 Å². The Balaban J connectivity index is 1.94. The summed E-state index contributed by atoms with van der Waals surface area (Å²) in [5, 5.41) is 3.69. The van der Waals surface area contributed by atoms with Crippen molar-refractivity contribution < 1.29 is 4.74 Å². The SMILES string of the molecule is CCC(NCc1ccc(C(C)(C)C)cc1)c1ccc(OCC(C)C)cc1. The highest BCUT2D eigenvalue weighted by molar-refractivity contribution is 5.30. The van der Waals surface area contributed by atoms with Crippen molar-refractivity contribution in [2.24, 2.45) is 5.92 Å². The topological polar surface area (TPSA) is 21.3 Å². The summed E-state index contributed by atoms with van der Waals surface area (Å²) in [6, 6.07) is 17.9. The van der Waals surface area contributed by atoms with Gasteiger partial charge in [-0.2, -0.15) is 0 Å². The molecule has 0 amide bonds. The first-order valence-corrected chi connectivity index (χ1v) is 9.85. The lowest BCUT2D eigenvalue weighted by atomic mass is 9.87. The number of hydrogen-bond donors (Lipinski definition) is 1. The highest BCUT2D eigenvalue weighted by Gasteiger charge is 2.13. The Morgan fingerprint density at radius 2 is 1.54 bits per heavy atom. The van der Waals surface area contributed by atoms with Gasteiger partial charge in [-0.15, -0.1) is 0 Å². The van der Waals surface area contributed by atoms with Gasteiger partial charge in [-0.3, -0.25) is 0 Å². The molecule has 0 radical (unpaired) electrons. The average molecular weight is 354 g/mol. The minimum Gasteiger partial charge on any atom is -0.493 e. The molecule has 0 bridgehead atoms. The van der Waals surface area contributed by atoms with Crippen LogP contribution in [0.15, 0.2) is 48.5 Å². The van der Waals surface area contributed by atoms with Crippen LogP contribution in [0, 0.1) is 5.92 Å². The number of benzene rings is 2. The summed E-state index contributed by atoms with van der Waals surface area (Å²) >= 11 is 0. The van der Waals surface area contributed by atoms with Gasteiger partial charge in [0.2, 0.25) is 0 Å². The largest absolute Gasteiger partial charge is 0.493 e. The molecule has 0 aliphatic carbocycles. The van der Waals surface area contributed by atoms with Crippen LogP contribution in [0.4, 0.5) is 0 Å². The monoisotopic (exact) mass is 353 g/mol. The normalized spacial score (nSPS) is 13.0. The first-order valence-electron chi connectivity index (χ1n) is 9.85. The van der Waals surface area contributed by atoms with Gasteiger partial charge in [0.25, 0.3) is 0 Å². The molecule has 2 rings (SSSR count). The standard InChI is InChI=1S/C24H35NO/c1-7-23(20-10-14-22(15-11-20)26-17-18(2)3)25-16-19-8-12-21(13-9-19)24(4,5)6/h8-15,18,23,25H,7,16-17H2,1-6H3. The van der Waals surface area contributed by atoms with Crippen molar-refractivity contribution in [3.05, 3.63) is 65.2 Å². The van der Waals surface area contributed by atoms with E-state index in [-0.39, 0.29) is 5.41 Å². The molecule has 1 unspecified atom stereocenters. The van der Waals surface area contributed by atoms with Crippen LogP contribution in [-0.4, -0.2) is 6.61 Å². The van der Waals surface area contributed by atoms with Crippen LogP contribution in [0.1, 0.15) is 70.7 Å². The fraction of sp³-hybridized carbons (Fsp3) is 0.500. The van der Waals surface area contributed by atoms with Gasteiger partial charge in [-0.05, 0) is 46.6 Å². The lowest BCUT2D eigenvalue weighted by Crippen LogP contribution is -2.20. The molecule has 0 heterocycles. The molecule has 2 heteroatoms. The molecule has 1 N–H and O–H groups in total. The summed E-state index contributed by atoms with van der Waals surface area (Å²) in [6.45, 7) is 15.0. The second-order valence-corrected chi connectivity index (χ2v) is 8.56. The molecule has 0 saturated carbocycles. The molecule has 26 heavy (non-hydrogen) atoms. The van der Waals surface area contributed by atoms with Gasteiger partial charge in [0.15, 0.2) is 0 Å². The Labute approximate surface area is 160 Å². The van der Waals surface area contributed by atoms with Crippen molar-refractivity contribution in [2.45, 2.75) is 66.0 Å².